The Morgan fingerprint density at radius 2 is 1.20 bits per heavy atom. The van der Waals surface area contributed by atoms with E-state index < -0.39 is 0 Å². The Bertz CT molecular complexity index is 3350. The van der Waals surface area contributed by atoms with Crippen molar-refractivity contribution in [2.45, 2.75) is 117 Å². The molecule has 0 saturated heterocycles. The van der Waals surface area contributed by atoms with Crippen LogP contribution in [-0.4, -0.2) is 18.5 Å². The third-order valence-corrected chi connectivity index (χ3v) is 16.3. The molecule has 1 aromatic heterocycles. The number of rotatable bonds is 2. The molecule has 12 rings (SSSR count). The minimum absolute atomic E-state index is 0.0111. The predicted octanol–water partition coefficient (Wildman–Crippen LogP) is 14.1. The highest BCUT2D eigenvalue weighted by Crippen LogP contribution is 2.59. The Labute approximate surface area is 387 Å². The molecule has 3 aliphatic heterocycles. The lowest BCUT2D eigenvalue weighted by Gasteiger charge is -2.44. The summed E-state index contributed by atoms with van der Waals surface area (Å²) in [5.41, 5.74) is 25.4. The molecule has 3 nitrogen and oxygen atoms in total. The topological polar surface area (TPSA) is 11.4 Å². The fraction of sp³-hybridized carbons (Fsp3) is 0.311. The summed E-state index contributed by atoms with van der Waals surface area (Å²) in [5.74, 6) is 0. The van der Waals surface area contributed by atoms with Gasteiger partial charge in [0.15, 0.2) is 0 Å². The van der Waals surface area contributed by atoms with Crippen LogP contribution in [0.25, 0.3) is 49.7 Å². The number of anilines is 3. The number of likely N-dealkylation sites (N-methyl/N-ethyl adjacent to an activating group) is 1. The van der Waals surface area contributed by atoms with Crippen molar-refractivity contribution in [3.05, 3.63) is 166 Å². The van der Waals surface area contributed by atoms with Crippen molar-refractivity contribution in [2.75, 3.05) is 16.8 Å². The van der Waals surface area contributed by atoms with E-state index in [9.17, 15) is 0 Å². The van der Waals surface area contributed by atoms with Gasteiger partial charge in [0.25, 0.3) is 0 Å². The fourth-order valence-corrected chi connectivity index (χ4v) is 12.6. The molecule has 4 aliphatic rings. The lowest BCUT2D eigenvalue weighted by Crippen LogP contribution is -2.61. The van der Waals surface area contributed by atoms with Gasteiger partial charge < -0.3 is 14.3 Å². The van der Waals surface area contributed by atoms with Crippen LogP contribution < -0.4 is 20.6 Å². The summed E-state index contributed by atoms with van der Waals surface area (Å²) in [5, 5.41) is 2.77. The summed E-state index contributed by atoms with van der Waals surface area (Å²) >= 11 is 0. The van der Waals surface area contributed by atoms with Gasteiger partial charge in [-0.1, -0.05) is 161 Å². The molecular weight excluding hydrogens is 786 g/mol. The van der Waals surface area contributed by atoms with Crippen LogP contribution in [0, 0.1) is 0 Å². The highest BCUT2D eigenvalue weighted by atomic mass is 15.2. The van der Waals surface area contributed by atoms with Crippen molar-refractivity contribution >= 4 is 56.6 Å². The van der Waals surface area contributed by atoms with Crippen LogP contribution in [0.5, 0.6) is 0 Å². The molecule has 0 spiro atoms. The summed E-state index contributed by atoms with van der Waals surface area (Å²) in [4.78, 5) is 5.30. The van der Waals surface area contributed by atoms with E-state index in [1.807, 2.05) is 0 Å². The molecular formula is C61H62BN3. The van der Waals surface area contributed by atoms with E-state index in [-0.39, 0.29) is 34.0 Å². The second-order valence-electron chi connectivity index (χ2n) is 23.7. The summed E-state index contributed by atoms with van der Waals surface area (Å²) in [6.07, 6.45) is 0.941. The van der Waals surface area contributed by atoms with E-state index in [0.717, 1.165) is 6.42 Å². The minimum Gasteiger partial charge on any atom is -0.376 e. The zero-order chi connectivity index (χ0) is 45.5. The smallest absolute Gasteiger partial charge is 0.333 e. The monoisotopic (exact) mass is 848 g/mol. The molecule has 324 valence electrons. The first kappa shape index (κ1) is 40.5. The van der Waals surface area contributed by atoms with E-state index in [0.29, 0.717) is 0 Å². The van der Waals surface area contributed by atoms with Crippen molar-refractivity contribution in [1.82, 2.24) is 4.57 Å². The van der Waals surface area contributed by atoms with E-state index in [4.69, 9.17) is 0 Å². The van der Waals surface area contributed by atoms with Crippen molar-refractivity contribution in [2.24, 2.45) is 0 Å². The molecule has 1 unspecified atom stereocenters. The largest absolute Gasteiger partial charge is 0.376 e. The number of hydrogen-bond acceptors (Lipinski definition) is 2. The normalized spacial score (nSPS) is 18.0. The third kappa shape index (κ3) is 5.37. The van der Waals surface area contributed by atoms with Gasteiger partial charge in [-0.3, -0.25) is 0 Å². The Morgan fingerprint density at radius 3 is 1.89 bits per heavy atom. The van der Waals surface area contributed by atoms with Gasteiger partial charge >= 0.3 is 6.85 Å². The molecule has 4 heteroatoms. The minimum atomic E-state index is -0.231. The highest BCUT2D eigenvalue weighted by molar-refractivity contribution is 6.94. The Hall–Kier alpha value is -6.00. The third-order valence-electron chi connectivity index (χ3n) is 16.3. The molecule has 0 saturated carbocycles. The molecule has 0 fully saturated rings. The fourth-order valence-electron chi connectivity index (χ4n) is 12.6. The van der Waals surface area contributed by atoms with Crippen LogP contribution in [0.4, 0.5) is 17.1 Å². The number of aromatic nitrogens is 1. The number of fused-ring (bicyclic) bond motifs is 14. The Kier molecular flexibility index (Phi) is 8.02. The summed E-state index contributed by atoms with van der Waals surface area (Å²) in [6.45, 7) is 28.5. The summed E-state index contributed by atoms with van der Waals surface area (Å²) in [7, 11) is 2.32. The molecule has 7 aromatic carbocycles. The molecule has 0 bridgehead atoms. The van der Waals surface area contributed by atoms with Crippen LogP contribution in [0.15, 0.2) is 127 Å². The van der Waals surface area contributed by atoms with Crippen LogP contribution in [0.3, 0.4) is 0 Å². The average Bonchev–Trinajstić information content (AvgIpc) is 3.83. The molecule has 0 radical (unpaired) electrons. The molecule has 0 amide bonds. The van der Waals surface area contributed by atoms with Gasteiger partial charge in [-0.15, -0.1) is 0 Å². The van der Waals surface area contributed by atoms with E-state index in [1.165, 1.54) is 117 Å². The molecule has 4 heterocycles. The van der Waals surface area contributed by atoms with Gasteiger partial charge in [0.05, 0.1) is 16.6 Å². The van der Waals surface area contributed by atoms with Gasteiger partial charge in [-0.05, 0) is 132 Å². The second kappa shape index (κ2) is 12.9. The molecule has 1 aliphatic carbocycles. The van der Waals surface area contributed by atoms with Gasteiger partial charge in [-0.25, -0.2) is 0 Å². The maximum Gasteiger partial charge on any atom is 0.333 e. The van der Waals surface area contributed by atoms with Crippen molar-refractivity contribution in [3.63, 3.8) is 0 Å². The number of hydrogen-bond donors (Lipinski definition) is 0. The molecule has 1 atom stereocenters. The van der Waals surface area contributed by atoms with Crippen LogP contribution in [0.1, 0.15) is 122 Å². The Balaban J connectivity index is 1.29. The molecule has 8 aromatic rings. The zero-order valence-corrected chi connectivity index (χ0v) is 40.8. The maximum atomic E-state index is 2.73. The quantitative estimate of drug-likeness (QED) is 0.161. The highest BCUT2D eigenvalue weighted by Gasteiger charge is 2.51. The van der Waals surface area contributed by atoms with Gasteiger partial charge in [0.1, 0.15) is 0 Å². The van der Waals surface area contributed by atoms with Gasteiger partial charge in [-0.2, -0.15) is 0 Å². The van der Waals surface area contributed by atoms with Crippen molar-refractivity contribution in [3.8, 4) is 27.9 Å². The van der Waals surface area contributed by atoms with E-state index in [1.54, 1.807) is 0 Å². The average molecular weight is 848 g/mol. The first-order valence-corrected chi connectivity index (χ1v) is 24.0. The van der Waals surface area contributed by atoms with Crippen molar-refractivity contribution < 1.29 is 0 Å². The zero-order valence-electron chi connectivity index (χ0n) is 40.8. The second-order valence-corrected chi connectivity index (χ2v) is 23.7. The predicted molar refractivity (Wildman–Crippen MR) is 279 cm³/mol. The number of nitrogens with zero attached hydrogens (tertiary/aromatic N) is 3. The first-order valence-electron chi connectivity index (χ1n) is 24.0. The van der Waals surface area contributed by atoms with Crippen LogP contribution in [-0.2, 0) is 33.6 Å². The SMILES string of the molecule is CN1c2cc3c(cc2CC1(C)c1ccccc1)B1c2c(c4c(c5c6cc(C(C)(C)C)ccc6n-3c25)C(C)(C)c2ccccc2-4)-c2cc(C(C)(C)C)ccc2N1c1ccc(C(C)(C)C)cc1. The summed E-state index contributed by atoms with van der Waals surface area (Å²) in [6, 6.07) is 50.1. The number of benzene rings is 7. The van der Waals surface area contributed by atoms with Crippen molar-refractivity contribution in [1.29, 1.82) is 0 Å². The van der Waals surface area contributed by atoms with Gasteiger partial charge in [0, 0.05) is 58.0 Å². The van der Waals surface area contributed by atoms with Crippen LogP contribution >= 0.6 is 0 Å². The lowest BCUT2D eigenvalue weighted by atomic mass is 9.43. The van der Waals surface area contributed by atoms with Gasteiger partial charge in [0.2, 0.25) is 0 Å². The first-order chi connectivity index (χ1) is 30.7. The maximum absolute atomic E-state index is 2.73. The Morgan fingerprint density at radius 1 is 0.569 bits per heavy atom. The standard InChI is InChI=1S/C61H62BN3/c1-57(2,3)37-23-27-41(28-24-37)65-48-30-26-40(59(7,8)9)33-44(48)52-51-42-21-17-18-22-45(42)60(10,11)54(51)53-43-32-39(58(4,5)6)25-29-47(43)64-50-34-49-36(31-46(50)62(65)55(52)56(53)64)35-61(12,63(49)13)38-19-15-14-16-20-38/h14-34H,35H2,1-13H3. The summed E-state index contributed by atoms with van der Waals surface area (Å²) < 4.78 is 2.72. The van der Waals surface area contributed by atoms with Crippen LogP contribution in [0.2, 0.25) is 0 Å². The molecule has 0 N–H and O–H groups in total. The molecule has 65 heavy (non-hydrogen) atoms. The lowest BCUT2D eigenvalue weighted by molar-refractivity contribution is 0.491. The van der Waals surface area contributed by atoms with E-state index in [2.05, 4.69) is 232 Å². The van der Waals surface area contributed by atoms with E-state index >= 15 is 0 Å².